The van der Waals surface area contributed by atoms with Crippen molar-refractivity contribution < 1.29 is 29.0 Å². The van der Waals surface area contributed by atoms with Crippen LogP contribution in [0.3, 0.4) is 0 Å². The fraction of sp³-hybridized carbons (Fsp3) is 0.667. The molecule has 0 radical (unpaired) electrons. The van der Waals surface area contributed by atoms with Crippen molar-refractivity contribution in [3.63, 3.8) is 0 Å². The summed E-state index contributed by atoms with van der Waals surface area (Å²) in [7, 11) is 1.09. The molecule has 8 nitrogen and oxygen atoms in total. The van der Waals surface area contributed by atoms with Crippen LogP contribution in [0.5, 0.6) is 0 Å². The van der Waals surface area contributed by atoms with Gasteiger partial charge in [-0.15, -0.1) is 0 Å². The largest absolute Gasteiger partial charge is 0.467 e. The van der Waals surface area contributed by atoms with E-state index in [9.17, 15) is 14.4 Å². The lowest BCUT2D eigenvalue weighted by atomic mass is 10.3. The minimum Gasteiger partial charge on any atom is -0.467 e. The Hall–Kier alpha value is -1.67. The highest BCUT2D eigenvalue weighted by Crippen LogP contribution is 1.89. The van der Waals surface area contributed by atoms with Crippen LogP contribution >= 0.6 is 0 Å². The molecule has 17 heavy (non-hydrogen) atoms. The number of amides is 1. The Morgan fingerprint density at radius 1 is 1.35 bits per heavy atom. The number of methoxy groups -OCH3 is 1. The Labute approximate surface area is 98.1 Å². The SMILES string of the molecule is CCOC(=O)C(N)C(=O)NCC(O)C(=O)OC. The second kappa shape index (κ2) is 7.58. The third kappa shape index (κ3) is 5.27. The van der Waals surface area contributed by atoms with Crippen molar-refractivity contribution in [2.45, 2.75) is 19.1 Å². The third-order valence-corrected chi connectivity index (χ3v) is 1.77. The molecule has 0 saturated heterocycles. The second-order valence-electron chi connectivity index (χ2n) is 3.01. The molecule has 2 atom stereocenters. The first kappa shape index (κ1) is 15.3. The number of nitrogens with one attached hydrogen (secondary N) is 1. The monoisotopic (exact) mass is 248 g/mol. The number of carbonyl (C=O) groups excluding carboxylic acids is 3. The van der Waals surface area contributed by atoms with Crippen molar-refractivity contribution in [1.29, 1.82) is 0 Å². The topological polar surface area (TPSA) is 128 Å². The summed E-state index contributed by atoms with van der Waals surface area (Å²) in [6, 6.07) is -1.49. The van der Waals surface area contributed by atoms with Crippen LogP contribution in [0.2, 0.25) is 0 Å². The molecule has 0 bridgehead atoms. The third-order valence-electron chi connectivity index (χ3n) is 1.77. The molecule has 0 aromatic rings. The lowest BCUT2D eigenvalue weighted by Gasteiger charge is -2.13. The van der Waals surface area contributed by atoms with Crippen LogP contribution in [0.1, 0.15) is 6.92 Å². The lowest BCUT2D eigenvalue weighted by Crippen LogP contribution is -2.49. The van der Waals surface area contributed by atoms with Crippen LogP contribution in [-0.2, 0) is 23.9 Å². The maximum Gasteiger partial charge on any atom is 0.336 e. The van der Waals surface area contributed by atoms with Crippen LogP contribution in [0, 0.1) is 0 Å². The van der Waals surface area contributed by atoms with E-state index >= 15 is 0 Å². The van der Waals surface area contributed by atoms with E-state index in [1.807, 2.05) is 0 Å². The van der Waals surface area contributed by atoms with Crippen molar-refractivity contribution in [2.75, 3.05) is 20.3 Å². The van der Waals surface area contributed by atoms with Gasteiger partial charge in [-0.2, -0.15) is 0 Å². The zero-order valence-corrected chi connectivity index (χ0v) is 9.63. The van der Waals surface area contributed by atoms with Crippen molar-refractivity contribution >= 4 is 17.8 Å². The number of aliphatic hydroxyl groups is 1. The summed E-state index contributed by atoms with van der Waals surface area (Å²) in [5.74, 6) is -2.61. The van der Waals surface area contributed by atoms with Gasteiger partial charge in [-0.3, -0.25) is 4.79 Å². The molecule has 1 amide bonds. The second-order valence-corrected chi connectivity index (χ2v) is 3.01. The summed E-state index contributed by atoms with van der Waals surface area (Å²) in [4.78, 5) is 33.1. The molecule has 0 aromatic carbocycles. The summed E-state index contributed by atoms with van der Waals surface area (Å²) in [6.45, 7) is 1.28. The van der Waals surface area contributed by atoms with Gasteiger partial charge in [0.05, 0.1) is 20.3 Å². The zero-order valence-electron chi connectivity index (χ0n) is 9.63. The molecule has 4 N–H and O–H groups in total. The smallest absolute Gasteiger partial charge is 0.336 e. The molecule has 8 heteroatoms. The molecule has 0 aliphatic heterocycles. The average molecular weight is 248 g/mol. The van der Waals surface area contributed by atoms with Crippen LogP contribution in [0.15, 0.2) is 0 Å². The van der Waals surface area contributed by atoms with Crippen LogP contribution in [0.25, 0.3) is 0 Å². The van der Waals surface area contributed by atoms with Crippen molar-refractivity contribution in [1.82, 2.24) is 5.32 Å². The van der Waals surface area contributed by atoms with E-state index < -0.39 is 36.5 Å². The fourth-order valence-electron chi connectivity index (χ4n) is 0.866. The first-order chi connectivity index (χ1) is 7.93. The molecule has 0 saturated carbocycles. The van der Waals surface area contributed by atoms with Crippen molar-refractivity contribution in [3.8, 4) is 0 Å². The molecule has 0 fully saturated rings. The Morgan fingerprint density at radius 3 is 2.41 bits per heavy atom. The van der Waals surface area contributed by atoms with Gasteiger partial charge in [0.1, 0.15) is 0 Å². The lowest BCUT2D eigenvalue weighted by molar-refractivity contribution is -0.150. The fourth-order valence-corrected chi connectivity index (χ4v) is 0.866. The molecule has 2 unspecified atom stereocenters. The number of esters is 2. The number of aliphatic hydroxyl groups excluding tert-OH is 1. The molecule has 98 valence electrons. The average Bonchev–Trinajstić information content (AvgIpc) is 2.33. The van der Waals surface area contributed by atoms with E-state index in [-0.39, 0.29) is 6.61 Å². The zero-order chi connectivity index (χ0) is 13.4. The Morgan fingerprint density at radius 2 is 1.94 bits per heavy atom. The van der Waals surface area contributed by atoms with Crippen LogP contribution in [-0.4, -0.2) is 55.4 Å². The van der Waals surface area contributed by atoms with E-state index in [0.29, 0.717) is 0 Å². The molecule has 0 aromatic heterocycles. The van der Waals surface area contributed by atoms with E-state index in [1.54, 1.807) is 6.92 Å². The van der Waals surface area contributed by atoms with Gasteiger partial charge >= 0.3 is 11.9 Å². The Kier molecular flexibility index (Phi) is 6.83. The minimum absolute atomic E-state index is 0.102. The van der Waals surface area contributed by atoms with Gasteiger partial charge < -0.3 is 25.6 Å². The van der Waals surface area contributed by atoms with Gasteiger partial charge in [0.15, 0.2) is 12.1 Å². The summed E-state index contributed by atoms with van der Waals surface area (Å²) in [5, 5.41) is 11.3. The Balaban J connectivity index is 4.09. The number of rotatable bonds is 6. The van der Waals surface area contributed by atoms with Gasteiger partial charge in [-0.05, 0) is 6.92 Å². The van der Waals surface area contributed by atoms with E-state index in [0.717, 1.165) is 7.11 Å². The molecule has 0 heterocycles. The molecular formula is C9H16N2O6. The number of ether oxygens (including phenoxy) is 2. The number of nitrogens with two attached hydrogens (primary N) is 1. The highest BCUT2D eigenvalue weighted by atomic mass is 16.5. The highest BCUT2D eigenvalue weighted by molar-refractivity contribution is 6.01. The van der Waals surface area contributed by atoms with Gasteiger partial charge in [0.2, 0.25) is 5.91 Å². The van der Waals surface area contributed by atoms with Gasteiger partial charge in [-0.1, -0.05) is 0 Å². The maximum absolute atomic E-state index is 11.3. The summed E-state index contributed by atoms with van der Waals surface area (Å²) in [5.41, 5.74) is 5.26. The molecule has 0 aliphatic rings. The minimum atomic E-state index is -1.50. The first-order valence-corrected chi connectivity index (χ1v) is 4.89. The van der Waals surface area contributed by atoms with Crippen molar-refractivity contribution in [3.05, 3.63) is 0 Å². The van der Waals surface area contributed by atoms with Gasteiger partial charge in [0, 0.05) is 0 Å². The summed E-state index contributed by atoms with van der Waals surface area (Å²) in [6.07, 6.45) is -1.50. The van der Waals surface area contributed by atoms with Crippen molar-refractivity contribution in [2.24, 2.45) is 5.73 Å². The normalized spacial score (nSPS) is 13.4. The standard InChI is InChI=1S/C9H16N2O6/c1-3-17-9(15)6(10)7(13)11-4-5(12)8(14)16-2/h5-6,12H,3-4,10H2,1-2H3,(H,11,13). The summed E-state index contributed by atoms with van der Waals surface area (Å²) >= 11 is 0. The van der Waals surface area contributed by atoms with Crippen LogP contribution < -0.4 is 11.1 Å². The molecule has 0 aliphatic carbocycles. The molecular weight excluding hydrogens is 232 g/mol. The Bertz CT molecular complexity index is 293. The predicted octanol–water partition coefficient (Wildman–Crippen LogP) is -2.47. The van der Waals surface area contributed by atoms with E-state index in [4.69, 9.17) is 10.8 Å². The predicted molar refractivity (Wildman–Crippen MR) is 55.6 cm³/mol. The highest BCUT2D eigenvalue weighted by Gasteiger charge is 2.25. The number of hydrogen-bond donors (Lipinski definition) is 3. The number of hydrogen-bond acceptors (Lipinski definition) is 7. The molecule has 0 spiro atoms. The van der Waals surface area contributed by atoms with Gasteiger partial charge in [-0.25, -0.2) is 9.59 Å². The van der Waals surface area contributed by atoms with Gasteiger partial charge in [0.25, 0.3) is 0 Å². The summed E-state index contributed by atoms with van der Waals surface area (Å²) < 4.78 is 8.75. The van der Waals surface area contributed by atoms with E-state index in [1.165, 1.54) is 0 Å². The molecule has 0 rings (SSSR count). The van der Waals surface area contributed by atoms with E-state index in [2.05, 4.69) is 14.8 Å². The number of carbonyl (C=O) groups is 3. The maximum atomic E-state index is 11.3. The first-order valence-electron chi connectivity index (χ1n) is 4.89. The van der Waals surface area contributed by atoms with Crippen LogP contribution in [0.4, 0.5) is 0 Å². The quantitative estimate of drug-likeness (QED) is 0.351.